The second-order valence-electron chi connectivity index (χ2n) is 5.29. The van der Waals surface area contributed by atoms with Crippen LogP contribution >= 0.6 is 11.8 Å². The van der Waals surface area contributed by atoms with Crippen LogP contribution in [0, 0.1) is 0 Å². The Labute approximate surface area is 145 Å². The van der Waals surface area contributed by atoms with Gasteiger partial charge in [-0.1, -0.05) is 103 Å². The van der Waals surface area contributed by atoms with Crippen LogP contribution in [0.4, 0.5) is 0 Å². The van der Waals surface area contributed by atoms with Crippen molar-refractivity contribution in [3.63, 3.8) is 0 Å². The molecule has 2 nitrogen and oxygen atoms in total. The topological polar surface area (TPSA) is 34.1 Å². The number of hydrogen-bond acceptors (Lipinski definition) is 3. The number of carbonyl (C=O) groups is 2. The summed E-state index contributed by atoms with van der Waals surface area (Å²) in [5.74, 6) is -0.0592. The van der Waals surface area contributed by atoms with Gasteiger partial charge in [0, 0.05) is 11.1 Å². The Balaban J connectivity index is 1.91. The lowest BCUT2D eigenvalue weighted by Gasteiger charge is -2.15. The number of carbonyl (C=O) groups excluding carboxylic acids is 2. The Morgan fingerprint density at radius 3 is 1.62 bits per heavy atom. The fraction of sp³-hybridized carbons (Fsp3) is 0.0476. The van der Waals surface area contributed by atoms with Crippen LogP contribution < -0.4 is 0 Å². The summed E-state index contributed by atoms with van der Waals surface area (Å²) in [5, 5.41) is -0.657. The molecule has 0 aliphatic rings. The summed E-state index contributed by atoms with van der Waals surface area (Å²) in [6, 6.07) is 27.6. The molecule has 0 saturated carbocycles. The van der Waals surface area contributed by atoms with Gasteiger partial charge < -0.3 is 0 Å². The molecule has 3 rings (SSSR count). The summed E-state index contributed by atoms with van der Waals surface area (Å²) in [6.07, 6.45) is 0. The molecule has 24 heavy (non-hydrogen) atoms. The lowest BCUT2D eigenvalue weighted by molar-refractivity contribution is 0.0983. The molecule has 0 radical (unpaired) electrons. The molecule has 0 bridgehead atoms. The number of rotatable bonds is 5. The van der Waals surface area contributed by atoms with Crippen LogP contribution in [-0.4, -0.2) is 10.9 Å². The van der Waals surface area contributed by atoms with Crippen LogP contribution in [0.2, 0.25) is 0 Å². The lowest BCUT2D eigenvalue weighted by Crippen LogP contribution is -2.12. The fourth-order valence-electron chi connectivity index (χ4n) is 2.40. The molecule has 0 spiro atoms. The van der Waals surface area contributed by atoms with E-state index >= 15 is 0 Å². The molecule has 0 N–H and O–H groups in total. The average molecular weight is 332 g/mol. The normalized spacial score (nSPS) is 11.7. The van der Waals surface area contributed by atoms with E-state index in [1.54, 1.807) is 24.3 Å². The first-order valence-electron chi connectivity index (χ1n) is 7.66. The molecule has 0 unspecified atom stereocenters. The number of benzene rings is 3. The Hall–Kier alpha value is -2.65. The number of ketones is 1. The van der Waals surface area contributed by atoms with Gasteiger partial charge in [-0.05, 0) is 5.56 Å². The minimum atomic E-state index is -0.554. The third kappa shape index (κ3) is 3.81. The van der Waals surface area contributed by atoms with E-state index in [-0.39, 0.29) is 10.9 Å². The molecule has 1 atom stereocenters. The Bertz CT molecular complexity index is 814. The van der Waals surface area contributed by atoms with Crippen LogP contribution in [0.5, 0.6) is 0 Å². The van der Waals surface area contributed by atoms with E-state index < -0.39 is 5.25 Å². The maximum Gasteiger partial charge on any atom is 0.220 e. The van der Waals surface area contributed by atoms with E-state index in [0.29, 0.717) is 11.1 Å². The maximum absolute atomic E-state index is 12.9. The molecule has 0 amide bonds. The van der Waals surface area contributed by atoms with Gasteiger partial charge in [0.25, 0.3) is 0 Å². The molecule has 0 aromatic heterocycles. The van der Waals surface area contributed by atoms with Gasteiger partial charge in [0.2, 0.25) is 5.12 Å². The van der Waals surface area contributed by atoms with Gasteiger partial charge in [-0.15, -0.1) is 0 Å². The summed E-state index contributed by atoms with van der Waals surface area (Å²) >= 11 is 1.07. The molecule has 0 aliphatic heterocycles. The minimum Gasteiger partial charge on any atom is -0.293 e. The highest BCUT2D eigenvalue weighted by Gasteiger charge is 2.26. The number of thioether (sulfide) groups is 1. The molecule has 3 aromatic rings. The molecular formula is C21H16O2S. The van der Waals surface area contributed by atoms with Crippen LogP contribution in [0.1, 0.15) is 31.5 Å². The van der Waals surface area contributed by atoms with Gasteiger partial charge in [-0.2, -0.15) is 0 Å². The first-order chi connectivity index (χ1) is 11.8. The van der Waals surface area contributed by atoms with Crippen molar-refractivity contribution in [1.82, 2.24) is 0 Å². The van der Waals surface area contributed by atoms with Gasteiger partial charge in [0.15, 0.2) is 5.78 Å². The highest BCUT2D eigenvalue weighted by molar-refractivity contribution is 8.14. The SMILES string of the molecule is O=C(S[C@@H](C(=O)c1ccccc1)c1ccccc1)c1ccccc1. The van der Waals surface area contributed by atoms with E-state index in [1.165, 1.54) is 0 Å². The van der Waals surface area contributed by atoms with Crippen molar-refractivity contribution in [3.05, 3.63) is 108 Å². The van der Waals surface area contributed by atoms with Gasteiger partial charge >= 0.3 is 0 Å². The first-order valence-corrected chi connectivity index (χ1v) is 8.54. The summed E-state index contributed by atoms with van der Waals surface area (Å²) < 4.78 is 0. The van der Waals surface area contributed by atoms with Gasteiger partial charge in [0.1, 0.15) is 5.25 Å². The monoisotopic (exact) mass is 332 g/mol. The van der Waals surface area contributed by atoms with Crippen molar-refractivity contribution in [2.45, 2.75) is 5.25 Å². The summed E-state index contributed by atoms with van der Waals surface area (Å²) in [5.41, 5.74) is 2.05. The quantitative estimate of drug-likeness (QED) is 0.603. The van der Waals surface area contributed by atoms with E-state index in [1.807, 2.05) is 66.7 Å². The van der Waals surface area contributed by atoms with Gasteiger partial charge in [-0.3, -0.25) is 9.59 Å². The summed E-state index contributed by atoms with van der Waals surface area (Å²) in [6.45, 7) is 0. The smallest absolute Gasteiger partial charge is 0.220 e. The zero-order valence-corrected chi connectivity index (χ0v) is 13.8. The first kappa shape index (κ1) is 16.2. The second kappa shape index (κ2) is 7.75. The maximum atomic E-state index is 12.9. The van der Waals surface area contributed by atoms with E-state index in [4.69, 9.17) is 0 Å². The molecule has 0 saturated heterocycles. The third-order valence-corrected chi connectivity index (χ3v) is 4.80. The molecule has 3 heteroatoms. The van der Waals surface area contributed by atoms with Crippen LogP contribution in [0.15, 0.2) is 91.0 Å². The van der Waals surface area contributed by atoms with E-state index in [2.05, 4.69) is 0 Å². The van der Waals surface area contributed by atoms with Crippen LogP contribution in [-0.2, 0) is 0 Å². The van der Waals surface area contributed by atoms with Crippen molar-refractivity contribution in [2.75, 3.05) is 0 Å². The second-order valence-corrected chi connectivity index (χ2v) is 6.37. The van der Waals surface area contributed by atoms with Crippen molar-refractivity contribution >= 4 is 22.7 Å². The van der Waals surface area contributed by atoms with Crippen LogP contribution in [0.25, 0.3) is 0 Å². The molecule has 3 aromatic carbocycles. The van der Waals surface area contributed by atoms with E-state index in [9.17, 15) is 9.59 Å². The zero-order chi connectivity index (χ0) is 16.8. The molecule has 0 fully saturated rings. The predicted molar refractivity (Wildman–Crippen MR) is 98.3 cm³/mol. The highest BCUT2D eigenvalue weighted by atomic mass is 32.2. The van der Waals surface area contributed by atoms with Crippen molar-refractivity contribution in [2.24, 2.45) is 0 Å². The highest BCUT2D eigenvalue weighted by Crippen LogP contribution is 2.34. The fourth-order valence-corrected chi connectivity index (χ4v) is 3.43. The summed E-state index contributed by atoms with van der Waals surface area (Å²) in [4.78, 5) is 25.5. The van der Waals surface area contributed by atoms with Crippen molar-refractivity contribution in [1.29, 1.82) is 0 Å². The minimum absolute atomic E-state index is 0.0592. The van der Waals surface area contributed by atoms with Crippen molar-refractivity contribution in [3.8, 4) is 0 Å². The average Bonchev–Trinajstić information content (AvgIpc) is 2.67. The predicted octanol–water partition coefficient (Wildman–Crippen LogP) is 5.18. The lowest BCUT2D eigenvalue weighted by atomic mass is 10.0. The largest absolute Gasteiger partial charge is 0.293 e. The van der Waals surface area contributed by atoms with E-state index in [0.717, 1.165) is 17.3 Å². The third-order valence-electron chi connectivity index (χ3n) is 3.63. The van der Waals surface area contributed by atoms with Crippen molar-refractivity contribution < 1.29 is 9.59 Å². The molecule has 118 valence electrons. The van der Waals surface area contributed by atoms with Gasteiger partial charge in [0.05, 0.1) is 0 Å². The Morgan fingerprint density at radius 1 is 0.625 bits per heavy atom. The Kier molecular flexibility index (Phi) is 5.24. The standard InChI is InChI=1S/C21H16O2S/c22-19(16-10-4-1-5-11-16)20(17-12-6-2-7-13-17)24-21(23)18-14-8-3-9-15-18/h1-15,20H/t20-/m1/s1. The molecular weight excluding hydrogens is 316 g/mol. The molecule has 0 heterocycles. The zero-order valence-electron chi connectivity index (χ0n) is 13.0. The molecule has 0 aliphatic carbocycles. The number of hydrogen-bond donors (Lipinski definition) is 0. The number of Topliss-reactive ketones (excluding diaryl/α,β-unsaturated/α-hetero) is 1. The van der Waals surface area contributed by atoms with Gasteiger partial charge in [-0.25, -0.2) is 0 Å². The Morgan fingerprint density at radius 2 is 1.08 bits per heavy atom. The summed E-state index contributed by atoms with van der Waals surface area (Å²) in [7, 11) is 0. The van der Waals surface area contributed by atoms with Crippen LogP contribution in [0.3, 0.4) is 0 Å².